The summed E-state index contributed by atoms with van der Waals surface area (Å²) in [6, 6.07) is 3.71. The number of hydrogen-bond acceptors (Lipinski definition) is 4. The Morgan fingerprint density at radius 2 is 2.36 bits per heavy atom. The van der Waals surface area contributed by atoms with Gasteiger partial charge in [0.1, 0.15) is 5.76 Å². The van der Waals surface area contributed by atoms with Crippen LogP contribution in [0.2, 0.25) is 0 Å². The molecule has 0 spiro atoms. The smallest absolute Gasteiger partial charge is 0.164 e. The molecule has 11 heavy (non-hydrogen) atoms. The molecule has 0 saturated heterocycles. The highest BCUT2D eigenvalue weighted by Crippen LogP contribution is 2.06. The minimum absolute atomic E-state index is 0.611. The molecular weight excluding hydrogens is 144 g/mol. The van der Waals surface area contributed by atoms with Gasteiger partial charge >= 0.3 is 0 Å². The molecule has 0 N–H and O–H groups in total. The van der Waals surface area contributed by atoms with Gasteiger partial charge in [-0.25, -0.2) is 0 Å². The van der Waals surface area contributed by atoms with Gasteiger partial charge in [0, 0.05) is 5.27 Å². The van der Waals surface area contributed by atoms with Crippen LogP contribution in [0.4, 0.5) is 0 Å². The molecule has 0 radical (unpaired) electrons. The lowest BCUT2D eigenvalue weighted by molar-refractivity contribution is 0.360. The zero-order valence-electron chi connectivity index (χ0n) is 5.73. The molecule has 0 unspecified atom stereocenters. The van der Waals surface area contributed by atoms with Crippen LogP contribution in [0.3, 0.4) is 0 Å². The first kappa shape index (κ1) is 6.15. The SMILES string of the molecule is c1coc(Cc2cnno2)c1. The maximum atomic E-state index is 5.09. The predicted molar refractivity (Wildman–Crippen MR) is 35.8 cm³/mol. The van der Waals surface area contributed by atoms with Crippen molar-refractivity contribution in [2.45, 2.75) is 6.42 Å². The van der Waals surface area contributed by atoms with E-state index in [0.29, 0.717) is 12.2 Å². The van der Waals surface area contributed by atoms with Crippen LogP contribution in [0, 0.1) is 0 Å². The largest absolute Gasteiger partial charge is 0.469 e. The van der Waals surface area contributed by atoms with Crippen LogP contribution < -0.4 is 0 Å². The molecular formula is C7H6N2O2. The number of aromatic nitrogens is 2. The number of rotatable bonds is 2. The van der Waals surface area contributed by atoms with Crippen molar-refractivity contribution in [2.24, 2.45) is 0 Å². The first-order valence-corrected chi connectivity index (χ1v) is 3.24. The Hall–Kier alpha value is -1.58. The summed E-state index contributed by atoms with van der Waals surface area (Å²) < 4.78 is 9.88. The van der Waals surface area contributed by atoms with Crippen molar-refractivity contribution in [3.63, 3.8) is 0 Å². The normalized spacial score (nSPS) is 10.2. The van der Waals surface area contributed by atoms with Gasteiger partial charge in [-0.2, -0.15) is 0 Å². The summed E-state index contributed by atoms with van der Waals surface area (Å²) in [5.74, 6) is 1.56. The number of hydrogen-bond donors (Lipinski definition) is 0. The van der Waals surface area contributed by atoms with Crippen LogP contribution in [0.1, 0.15) is 11.5 Å². The van der Waals surface area contributed by atoms with Crippen molar-refractivity contribution in [3.05, 3.63) is 36.1 Å². The van der Waals surface area contributed by atoms with E-state index in [4.69, 9.17) is 8.94 Å². The standard InChI is InChI=1S/C7H6N2O2/c1-2-6(10-3-1)4-7-5-8-9-11-7/h1-3,5H,4H2. The van der Waals surface area contributed by atoms with Gasteiger partial charge in [-0.3, -0.25) is 0 Å². The highest BCUT2D eigenvalue weighted by atomic mass is 16.5. The summed E-state index contributed by atoms with van der Waals surface area (Å²) in [6.07, 6.45) is 3.81. The molecule has 0 amide bonds. The highest BCUT2D eigenvalue weighted by molar-refractivity contribution is 5.06. The molecule has 2 aromatic rings. The molecule has 0 aliphatic rings. The van der Waals surface area contributed by atoms with Gasteiger partial charge in [-0.05, 0) is 12.1 Å². The summed E-state index contributed by atoms with van der Waals surface area (Å²) in [4.78, 5) is 0. The minimum Gasteiger partial charge on any atom is -0.469 e. The van der Waals surface area contributed by atoms with Crippen molar-refractivity contribution in [2.75, 3.05) is 0 Å². The van der Waals surface area contributed by atoms with E-state index >= 15 is 0 Å². The molecule has 4 nitrogen and oxygen atoms in total. The lowest BCUT2D eigenvalue weighted by Gasteiger charge is -1.86. The molecule has 4 heteroatoms. The first-order valence-electron chi connectivity index (χ1n) is 3.24. The lowest BCUT2D eigenvalue weighted by atomic mass is 10.3. The Kier molecular flexibility index (Phi) is 1.44. The predicted octanol–water partition coefficient (Wildman–Crippen LogP) is 1.25. The second-order valence-corrected chi connectivity index (χ2v) is 2.14. The quantitative estimate of drug-likeness (QED) is 0.646. The van der Waals surface area contributed by atoms with E-state index in [9.17, 15) is 0 Å². The van der Waals surface area contributed by atoms with Crippen molar-refractivity contribution in [1.29, 1.82) is 0 Å². The molecule has 56 valence electrons. The Labute approximate surface area is 62.8 Å². The molecule has 0 aliphatic carbocycles. The van der Waals surface area contributed by atoms with Gasteiger partial charge in [0.2, 0.25) is 0 Å². The van der Waals surface area contributed by atoms with Crippen molar-refractivity contribution < 1.29 is 8.94 Å². The number of nitrogens with zero attached hydrogens (tertiary/aromatic N) is 2. The monoisotopic (exact) mass is 150 g/mol. The van der Waals surface area contributed by atoms with E-state index in [-0.39, 0.29) is 0 Å². The van der Waals surface area contributed by atoms with Gasteiger partial charge < -0.3 is 8.94 Å². The fourth-order valence-electron chi connectivity index (χ4n) is 0.850. The summed E-state index contributed by atoms with van der Waals surface area (Å²) in [6.45, 7) is 0. The van der Waals surface area contributed by atoms with Crippen LogP contribution in [-0.2, 0) is 6.42 Å². The Bertz CT molecular complexity index is 267. The summed E-state index contributed by atoms with van der Waals surface area (Å²) in [7, 11) is 0. The van der Waals surface area contributed by atoms with E-state index in [1.54, 1.807) is 12.5 Å². The molecule has 0 fully saturated rings. The summed E-state index contributed by atoms with van der Waals surface area (Å²) in [5.41, 5.74) is 0. The molecule has 0 bridgehead atoms. The van der Waals surface area contributed by atoms with E-state index in [2.05, 4.69) is 10.4 Å². The van der Waals surface area contributed by atoms with Crippen molar-refractivity contribution in [1.82, 2.24) is 10.4 Å². The molecule has 2 rings (SSSR count). The third-order valence-electron chi connectivity index (χ3n) is 1.34. The Morgan fingerprint density at radius 3 is 3.00 bits per heavy atom. The zero-order valence-corrected chi connectivity index (χ0v) is 5.73. The Balaban J connectivity index is 2.14. The fraction of sp³-hybridized carbons (Fsp3) is 0.143. The molecule has 0 atom stereocenters. The van der Waals surface area contributed by atoms with Crippen LogP contribution in [0.5, 0.6) is 0 Å². The summed E-state index contributed by atoms with van der Waals surface area (Å²) in [5, 5.41) is 6.88. The summed E-state index contributed by atoms with van der Waals surface area (Å²) >= 11 is 0. The van der Waals surface area contributed by atoms with E-state index < -0.39 is 0 Å². The van der Waals surface area contributed by atoms with Gasteiger partial charge in [0.25, 0.3) is 0 Å². The molecule has 2 aromatic heterocycles. The van der Waals surface area contributed by atoms with E-state index in [1.807, 2.05) is 12.1 Å². The van der Waals surface area contributed by atoms with Gasteiger partial charge in [0.05, 0.1) is 18.9 Å². The topological polar surface area (TPSA) is 52.1 Å². The van der Waals surface area contributed by atoms with Gasteiger partial charge in [-0.15, -0.1) is 5.10 Å². The van der Waals surface area contributed by atoms with Crippen LogP contribution in [0.15, 0.2) is 33.5 Å². The van der Waals surface area contributed by atoms with E-state index in [1.165, 1.54) is 0 Å². The first-order chi connectivity index (χ1) is 5.45. The van der Waals surface area contributed by atoms with Gasteiger partial charge in [-0.1, -0.05) is 0 Å². The zero-order chi connectivity index (χ0) is 7.52. The fourth-order valence-corrected chi connectivity index (χ4v) is 0.850. The second kappa shape index (κ2) is 2.57. The van der Waals surface area contributed by atoms with Crippen molar-refractivity contribution in [3.8, 4) is 0 Å². The van der Waals surface area contributed by atoms with E-state index in [0.717, 1.165) is 5.76 Å². The maximum absolute atomic E-state index is 5.09. The molecule has 0 aromatic carbocycles. The van der Waals surface area contributed by atoms with Crippen LogP contribution >= 0.6 is 0 Å². The maximum Gasteiger partial charge on any atom is 0.164 e. The van der Waals surface area contributed by atoms with Crippen molar-refractivity contribution >= 4 is 0 Å². The number of furan rings is 1. The molecule has 0 saturated carbocycles. The lowest BCUT2D eigenvalue weighted by Crippen LogP contribution is -1.80. The van der Waals surface area contributed by atoms with Gasteiger partial charge in [0.15, 0.2) is 5.76 Å². The van der Waals surface area contributed by atoms with Crippen LogP contribution in [-0.4, -0.2) is 10.4 Å². The second-order valence-electron chi connectivity index (χ2n) is 2.14. The molecule has 0 aliphatic heterocycles. The van der Waals surface area contributed by atoms with Crippen LogP contribution in [0.25, 0.3) is 0 Å². The molecule has 2 heterocycles. The third-order valence-corrected chi connectivity index (χ3v) is 1.34. The third kappa shape index (κ3) is 1.29. The average molecular weight is 150 g/mol. The Morgan fingerprint density at radius 1 is 1.36 bits per heavy atom. The average Bonchev–Trinajstić information content (AvgIpc) is 2.60. The minimum atomic E-state index is 0.611. The highest BCUT2D eigenvalue weighted by Gasteiger charge is 2.01.